The van der Waals surface area contributed by atoms with Crippen molar-refractivity contribution in [3.8, 4) is 0 Å². The summed E-state index contributed by atoms with van der Waals surface area (Å²) < 4.78 is 5.10. The second-order valence-corrected chi connectivity index (χ2v) is 8.32. The maximum Gasteiger partial charge on any atom is 0.434 e. The molecule has 7 nitrogen and oxygen atoms in total. The van der Waals surface area contributed by atoms with Gasteiger partial charge >= 0.3 is 6.09 Å². The third-order valence-corrected chi connectivity index (χ3v) is 3.67. The summed E-state index contributed by atoms with van der Waals surface area (Å²) in [5, 5.41) is 3.22. The Hall–Kier alpha value is -1.60. The fourth-order valence-electron chi connectivity index (χ4n) is 2.25. The number of ketones is 2. The van der Waals surface area contributed by atoms with Crippen molar-refractivity contribution in [2.75, 3.05) is 19.6 Å². The molecule has 0 aromatic rings. The average molecular weight is 444 g/mol. The van der Waals surface area contributed by atoms with Gasteiger partial charge in [0, 0.05) is 25.1 Å². The quantitative estimate of drug-likeness (QED) is 0.297. The third kappa shape index (κ3) is 36.1. The van der Waals surface area contributed by atoms with Crippen molar-refractivity contribution < 1.29 is 19.1 Å². The number of hydrogen-bond acceptors (Lipinski definition) is 6. The third-order valence-electron chi connectivity index (χ3n) is 3.67. The molecule has 0 rings (SSSR count). The van der Waals surface area contributed by atoms with Gasteiger partial charge in [-0.2, -0.15) is 4.99 Å². The lowest BCUT2D eigenvalue weighted by molar-refractivity contribution is -0.117. The van der Waals surface area contributed by atoms with Gasteiger partial charge in [0.05, 0.1) is 0 Å². The van der Waals surface area contributed by atoms with Gasteiger partial charge in [0.2, 0.25) is 0 Å². The van der Waals surface area contributed by atoms with E-state index in [1.807, 2.05) is 34.6 Å². The molecule has 0 radical (unpaired) electrons. The Morgan fingerprint density at radius 3 is 1.74 bits per heavy atom. The lowest BCUT2D eigenvalue weighted by Crippen LogP contribution is -2.25. The van der Waals surface area contributed by atoms with E-state index in [0.29, 0.717) is 18.7 Å². The molecule has 0 aromatic carbocycles. The number of carbonyl (C=O) groups excluding carboxylic acids is 3. The molecule has 0 spiro atoms. The van der Waals surface area contributed by atoms with Crippen LogP contribution in [0, 0.1) is 0 Å². The highest BCUT2D eigenvalue weighted by molar-refractivity contribution is 5.93. The van der Waals surface area contributed by atoms with Gasteiger partial charge in [-0.3, -0.25) is 0 Å². The van der Waals surface area contributed by atoms with Crippen LogP contribution in [-0.4, -0.2) is 48.6 Å². The first-order valence-electron chi connectivity index (χ1n) is 11.6. The zero-order valence-electron chi connectivity index (χ0n) is 21.4. The molecule has 0 atom stereocenters. The van der Waals surface area contributed by atoms with Crippen LogP contribution < -0.4 is 11.1 Å². The molecule has 184 valence electrons. The average Bonchev–Trinajstić information content (AvgIpc) is 2.64. The largest absolute Gasteiger partial charge is 0.442 e. The van der Waals surface area contributed by atoms with E-state index in [4.69, 9.17) is 10.5 Å². The first-order chi connectivity index (χ1) is 14.5. The van der Waals surface area contributed by atoms with Crippen molar-refractivity contribution in [2.24, 2.45) is 10.7 Å². The van der Waals surface area contributed by atoms with Crippen LogP contribution in [0.5, 0.6) is 0 Å². The van der Waals surface area contributed by atoms with Gasteiger partial charge in [-0.05, 0) is 80.3 Å². The molecule has 3 N–H and O–H groups in total. The summed E-state index contributed by atoms with van der Waals surface area (Å²) in [6.45, 7) is 16.7. The fraction of sp³-hybridized carbons (Fsp3) is 0.833. The topological polar surface area (TPSA) is 111 Å². The Bertz CT molecular complexity index is 498. The van der Waals surface area contributed by atoms with Crippen molar-refractivity contribution in [3.63, 3.8) is 0 Å². The molecule has 0 aromatic heterocycles. The number of rotatable bonds is 13. The van der Waals surface area contributed by atoms with E-state index in [-0.39, 0.29) is 11.6 Å². The molecule has 0 saturated carbocycles. The highest BCUT2D eigenvalue weighted by Gasteiger charge is 2.15. The van der Waals surface area contributed by atoms with Crippen LogP contribution in [0.2, 0.25) is 0 Å². The summed E-state index contributed by atoms with van der Waals surface area (Å²) in [5.74, 6) is 0.533. The number of nitrogens with one attached hydrogen (secondary N) is 1. The van der Waals surface area contributed by atoms with E-state index in [9.17, 15) is 14.4 Å². The second-order valence-electron chi connectivity index (χ2n) is 8.32. The molecule has 0 bridgehead atoms. The number of amides is 1. The zero-order chi connectivity index (χ0) is 24.7. The van der Waals surface area contributed by atoms with Crippen molar-refractivity contribution in [3.05, 3.63) is 0 Å². The van der Waals surface area contributed by atoms with Gasteiger partial charge < -0.3 is 25.4 Å². The van der Waals surface area contributed by atoms with Crippen molar-refractivity contribution in [1.29, 1.82) is 0 Å². The van der Waals surface area contributed by atoms with Crippen LogP contribution >= 0.6 is 0 Å². The molecule has 0 saturated heterocycles. The Labute approximate surface area is 191 Å². The summed E-state index contributed by atoms with van der Waals surface area (Å²) >= 11 is 0. The van der Waals surface area contributed by atoms with Crippen LogP contribution in [0.25, 0.3) is 0 Å². The minimum Gasteiger partial charge on any atom is -0.442 e. The fourth-order valence-corrected chi connectivity index (χ4v) is 2.25. The molecule has 0 aliphatic rings. The highest BCUT2D eigenvalue weighted by Crippen LogP contribution is 2.08. The van der Waals surface area contributed by atoms with E-state index in [0.717, 1.165) is 58.0 Å². The number of carbonyl (C=O) groups is 3. The van der Waals surface area contributed by atoms with E-state index >= 15 is 0 Å². The van der Waals surface area contributed by atoms with Gasteiger partial charge in [0.15, 0.2) is 0 Å². The zero-order valence-corrected chi connectivity index (χ0v) is 21.4. The SMILES string of the molecule is CC.CC(=O)CCCCCN.CC(=O)CCCCCNCC(C)=NC(=O)OC(C)(C)C. The number of unbranched alkanes of at least 4 members (excludes halogenated alkanes) is 4. The maximum atomic E-state index is 11.4. The van der Waals surface area contributed by atoms with Crippen LogP contribution in [0.15, 0.2) is 4.99 Å². The summed E-state index contributed by atoms with van der Waals surface area (Å²) in [7, 11) is 0. The van der Waals surface area contributed by atoms with Gasteiger partial charge in [0.25, 0.3) is 0 Å². The lowest BCUT2D eigenvalue weighted by Gasteiger charge is -2.17. The molecule has 0 aliphatic carbocycles. The van der Waals surface area contributed by atoms with Crippen LogP contribution in [-0.2, 0) is 14.3 Å². The highest BCUT2D eigenvalue weighted by atomic mass is 16.6. The van der Waals surface area contributed by atoms with Crippen molar-refractivity contribution in [2.45, 2.75) is 112 Å². The van der Waals surface area contributed by atoms with Crippen LogP contribution in [0.4, 0.5) is 4.79 Å². The number of aliphatic imine (C=N–C) groups is 1. The molecule has 0 aliphatic heterocycles. The molecular formula is C24H49N3O4. The van der Waals surface area contributed by atoms with Gasteiger partial charge in [0.1, 0.15) is 17.2 Å². The van der Waals surface area contributed by atoms with Crippen LogP contribution in [0.3, 0.4) is 0 Å². The molecule has 31 heavy (non-hydrogen) atoms. The maximum absolute atomic E-state index is 11.4. The standard InChI is InChI=1S/C15H28N2O3.C7H15NO.C2H6/c1-12(17-14(19)20-15(3,4)5)11-16-10-8-6-7-9-13(2)18;1-7(9)5-3-2-4-6-8;1-2/h16H,6-11H2,1-5H3;2-6,8H2,1H3;1-2H3. The number of Topliss-reactive ketones (excluding diaryl/α,β-unsaturated/α-hetero) is 2. The minimum absolute atomic E-state index is 0.248. The smallest absolute Gasteiger partial charge is 0.434 e. The van der Waals surface area contributed by atoms with Crippen molar-refractivity contribution in [1.82, 2.24) is 5.32 Å². The molecular weight excluding hydrogens is 394 g/mol. The van der Waals surface area contributed by atoms with E-state index < -0.39 is 11.7 Å². The minimum atomic E-state index is -0.543. The molecule has 0 heterocycles. The number of hydrogen-bond donors (Lipinski definition) is 2. The van der Waals surface area contributed by atoms with Gasteiger partial charge in [-0.1, -0.05) is 26.7 Å². The molecule has 1 amide bonds. The lowest BCUT2D eigenvalue weighted by atomic mass is 10.1. The Morgan fingerprint density at radius 2 is 1.32 bits per heavy atom. The summed E-state index contributed by atoms with van der Waals surface area (Å²) in [6, 6.07) is 0. The number of nitrogens with two attached hydrogens (primary N) is 1. The number of ether oxygens (including phenoxy) is 1. The Kier molecular flexibility index (Phi) is 25.3. The molecule has 0 unspecified atom stereocenters. The molecule has 7 heteroatoms. The first-order valence-corrected chi connectivity index (χ1v) is 11.6. The summed E-state index contributed by atoms with van der Waals surface area (Å²) in [4.78, 5) is 36.4. The predicted molar refractivity (Wildman–Crippen MR) is 131 cm³/mol. The van der Waals surface area contributed by atoms with Gasteiger partial charge in [-0.15, -0.1) is 0 Å². The Morgan fingerprint density at radius 1 is 0.839 bits per heavy atom. The summed E-state index contributed by atoms with van der Waals surface area (Å²) in [5.41, 5.74) is 5.46. The normalized spacial score (nSPS) is 10.9. The van der Waals surface area contributed by atoms with E-state index in [1.54, 1.807) is 20.8 Å². The Balaban J connectivity index is -0.000000595. The first kappa shape index (κ1) is 34.0. The van der Waals surface area contributed by atoms with E-state index in [2.05, 4.69) is 10.3 Å². The predicted octanol–water partition coefficient (Wildman–Crippen LogP) is 5.24. The van der Waals surface area contributed by atoms with Crippen LogP contribution in [0.1, 0.15) is 107 Å². The van der Waals surface area contributed by atoms with E-state index in [1.165, 1.54) is 0 Å². The van der Waals surface area contributed by atoms with Crippen molar-refractivity contribution >= 4 is 23.4 Å². The second kappa shape index (κ2) is 23.1. The van der Waals surface area contributed by atoms with Gasteiger partial charge in [-0.25, -0.2) is 4.79 Å². The summed E-state index contributed by atoms with van der Waals surface area (Å²) in [6.07, 6.45) is 7.00. The monoisotopic (exact) mass is 443 g/mol. The number of nitrogens with zero attached hydrogens (tertiary/aromatic N) is 1. The molecule has 0 fully saturated rings.